The zero-order valence-electron chi connectivity index (χ0n) is 15.7. The summed E-state index contributed by atoms with van der Waals surface area (Å²) < 4.78 is 6.86. The summed E-state index contributed by atoms with van der Waals surface area (Å²) in [6, 6.07) is 10.7. The van der Waals surface area contributed by atoms with Crippen LogP contribution < -0.4 is 4.74 Å². The van der Waals surface area contributed by atoms with E-state index in [9.17, 15) is 0 Å². The number of likely N-dealkylation sites (N-methyl/N-ethyl adjacent to an activating group) is 2. The van der Waals surface area contributed by atoms with E-state index >= 15 is 0 Å². The molecule has 3 aromatic rings. The maximum absolute atomic E-state index is 5.92. The largest absolute Gasteiger partial charge is 0.492 e. The Morgan fingerprint density at radius 3 is 2.89 bits per heavy atom. The highest BCUT2D eigenvalue weighted by molar-refractivity contribution is 9.10. The van der Waals surface area contributed by atoms with Crippen LogP contribution in [0.25, 0.3) is 22.6 Å². The van der Waals surface area contributed by atoms with E-state index < -0.39 is 0 Å². The molecule has 1 aliphatic heterocycles. The van der Waals surface area contributed by atoms with Crippen molar-refractivity contribution in [3.63, 3.8) is 0 Å². The standard InChI is InChI=1S/C20H24BrN5O/c1-25-8-7-16(13-25)26(2)9-10-27-17-5-3-14(4-6-17)19-23-18-11-15(21)12-22-20(18)24-19/h3-6,11-12,16H,7-10,13H2,1-2H3,(H,22,23,24). The van der Waals surface area contributed by atoms with Crippen LogP contribution in [0.15, 0.2) is 41.0 Å². The summed E-state index contributed by atoms with van der Waals surface area (Å²) in [5.41, 5.74) is 2.65. The molecule has 1 N–H and O–H groups in total. The number of benzene rings is 1. The number of imidazole rings is 1. The monoisotopic (exact) mass is 429 g/mol. The van der Waals surface area contributed by atoms with Crippen LogP contribution in [0.1, 0.15) is 6.42 Å². The minimum atomic E-state index is 0.641. The maximum atomic E-state index is 5.92. The van der Waals surface area contributed by atoms with Gasteiger partial charge in [-0.2, -0.15) is 0 Å². The quantitative estimate of drug-likeness (QED) is 0.650. The molecule has 3 heterocycles. The Kier molecular flexibility index (Phi) is 5.43. The summed E-state index contributed by atoms with van der Waals surface area (Å²) in [5.74, 6) is 1.69. The zero-order chi connectivity index (χ0) is 18.8. The number of halogens is 1. The van der Waals surface area contributed by atoms with Crippen LogP contribution >= 0.6 is 15.9 Å². The number of nitrogens with one attached hydrogen (secondary N) is 1. The number of hydrogen-bond acceptors (Lipinski definition) is 5. The van der Waals surface area contributed by atoms with Crippen molar-refractivity contribution < 1.29 is 4.74 Å². The van der Waals surface area contributed by atoms with Gasteiger partial charge >= 0.3 is 0 Å². The molecule has 4 rings (SSSR count). The van der Waals surface area contributed by atoms with Gasteiger partial charge in [-0.1, -0.05) is 0 Å². The molecule has 142 valence electrons. The summed E-state index contributed by atoms with van der Waals surface area (Å²) in [7, 11) is 4.37. The Hall–Kier alpha value is -1.96. The van der Waals surface area contributed by atoms with Crippen molar-refractivity contribution in [2.45, 2.75) is 12.5 Å². The number of aromatic amines is 1. The van der Waals surface area contributed by atoms with Gasteiger partial charge in [0.15, 0.2) is 5.65 Å². The fourth-order valence-corrected chi connectivity index (χ4v) is 3.81. The molecule has 0 aliphatic carbocycles. The fourth-order valence-electron chi connectivity index (χ4n) is 3.48. The van der Waals surface area contributed by atoms with E-state index in [1.807, 2.05) is 30.3 Å². The molecule has 0 amide bonds. The lowest BCUT2D eigenvalue weighted by atomic mass is 10.2. The first-order chi connectivity index (χ1) is 13.1. The summed E-state index contributed by atoms with van der Waals surface area (Å²) in [5, 5.41) is 0. The average molecular weight is 430 g/mol. The predicted molar refractivity (Wildman–Crippen MR) is 111 cm³/mol. The van der Waals surface area contributed by atoms with Crippen molar-refractivity contribution in [2.75, 3.05) is 40.3 Å². The number of likely N-dealkylation sites (tertiary alicyclic amines) is 1. The lowest BCUT2D eigenvalue weighted by molar-refractivity contribution is 0.192. The van der Waals surface area contributed by atoms with E-state index in [-0.39, 0.29) is 0 Å². The van der Waals surface area contributed by atoms with Crippen LogP contribution in [0.5, 0.6) is 5.75 Å². The number of rotatable bonds is 6. The van der Waals surface area contributed by atoms with Crippen LogP contribution in [0.3, 0.4) is 0 Å². The molecule has 0 spiro atoms. The van der Waals surface area contributed by atoms with Crippen LogP contribution in [0, 0.1) is 0 Å². The minimum Gasteiger partial charge on any atom is -0.492 e. The van der Waals surface area contributed by atoms with E-state index in [0.29, 0.717) is 18.3 Å². The number of hydrogen-bond donors (Lipinski definition) is 1. The Morgan fingerprint density at radius 1 is 1.33 bits per heavy atom. The molecule has 1 aliphatic rings. The van der Waals surface area contributed by atoms with Gasteiger partial charge in [-0.3, -0.25) is 4.90 Å². The van der Waals surface area contributed by atoms with Crippen molar-refractivity contribution in [1.29, 1.82) is 0 Å². The third-order valence-corrected chi connectivity index (χ3v) is 5.57. The van der Waals surface area contributed by atoms with E-state index in [1.165, 1.54) is 13.0 Å². The number of fused-ring (bicyclic) bond motifs is 1. The van der Waals surface area contributed by atoms with Gasteiger partial charge in [-0.05, 0) is 73.3 Å². The molecule has 1 aromatic carbocycles. The van der Waals surface area contributed by atoms with Gasteiger partial charge < -0.3 is 14.6 Å². The molecule has 2 aromatic heterocycles. The average Bonchev–Trinajstić information content (AvgIpc) is 3.28. The van der Waals surface area contributed by atoms with Crippen molar-refractivity contribution in [2.24, 2.45) is 0 Å². The number of aromatic nitrogens is 3. The Labute approximate surface area is 167 Å². The lowest BCUT2D eigenvalue weighted by Crippen LogP contribution is -2.36. The highest BCUT2D eigenvalue weighted by Gasteiger charge is 2.22. The van der Waals surface area contributed by atoms with Gasteiger partial charge in [-0.25, -0.2) is 9.97 Å². The van der Waals surface area contributed by atoms with Gasteiger partial charge in [0.05, 0.1) is 5.52 Å². The van der Waals surface area contributed by atoms with E-state index in [2.05, 4.69) is 54.8 Å². The predicted octanol–water partition coefficient (Wildman–Crippen LogP) is 3.40. The van der Waals surface area contributed by atoms with Gasteiger partial charge in [0, 0.05) is 35.4 Å². The molecule has 0 saturated carbocycles. The molecule has 1 saturated heterocycles. The molecule has 6 nitrogen and oxygen atoms in total. The molecule has 1 atom stereocenters. The van der Waals surface area contributed by atoms with Gasteiger partial charge in [0.1, 0.15) is 18.2 Å². The first-order valence-corrected chi connectivity index (χ1v) is 10.0. The first-order valence-electron chi connectivity index (χ1n) is 9.22. The SMILES string of the molecule is CN1CCC(N(C)CCOc2ccc(-c3nc4ncc(Br)cc4[nH]3)cc2)C1. The maximum Gasteiger partial charge on any atom is 0.178 e. The van der Waals surface area contributed by atoms with E-state index in [0.717, 1.165) is 40.2 Å². The second-order valence-electron chi connectivity index (χ2n) is 7.17. The molecule has 27 heavy (non-hydrogen) atoms. The second-order valence-corrected chi connectivity index (χ2v) is 8.08. The topological polar surface area (TPSA) is 57.3 Å². The summed E-state index contributed by atoms with van der Waals surface area (Å²) in [4.78, 5) is 17.0. The van der Waals surface area contributed by atoms with Crippen LogP contribution in [-0.4, -0.2) is 71.1 Å². The van der Waals surface area contributed by atoms with Gasteiger partial charge in [0.25, 0.3) is 0 Å². The molecule has 0 bridgehead atoms. The third kappa shape index (κ3) is 4.31. The highest BCUT2D eigenvalue weighted by atomic mass is 79.9. The van der Waals surface area contributed by atoms with Crippen molar-refractivity contribution >= 4 is 27.1 Å². The molecule has 7 heteroatoms. The normalized spacial score (nSPS) is 17.9. The fraction of sp³-hybridized carbons (Fsp3) is 0.400. The summed E-state index contributed by atoms with van der Waals surface area (Å²) in [6.45, 7) is 3.96. The molecule has 1 unspecified atom stereocenters. The van der Waals surface area contributed by atoms with E-state index in [4.69, 9.17) is 4.74 Å². The lowest BCUT2D eigenvalue weighted by Gasteiger charge is -2.24. The van der Waals surface area contributed by atoms with Gasteiger partial charge in [0.2, 0.25) is 0 Å². The van der Waals surface area contributed by atoms with Crippen LogP contribution in [-0.2, 0) is 0 Å². The molecule has 0 radical (unpaired) electrons. The smallest absolute Gasteiger partial charge is 0.178 e. The molecular formula is C20H24BrN5O. The number of nitrogens with zero attached hydrogens (tertiary/aromatic N) is 4. The van der Waals surface area contributed by atoms with E-state index in [1.54, 1.807) is 6.20 Å². The number of H-pyrrole nitrogens is 1. The minimum absolute atomic E-state index is 0.641. The number of pyridine rings is 1. The van der Waals surface area contributed by atoms with Gasteiger partial charge in [-0.15, -0.1) is 0 Å². The zero-order valence-corrected chi connectivity index (χ0v) is 17.2. The summed E-state index contributed by atoms with van der Waals surface area (Å²) in [6.07, 6.45) is 3.00. The van der Waals surface area contributed by atoms with Crippen molar-refractivity contribution in [3.05, 3.63) is 41.0 Å². The Balaban J connectivity index is 1.34. The van der Waals surface area contributed by atoms with Crippen LogP contribution in [0.2, 0.25) is 0 Å². The highest BCUT2D eigenvalue weighted by Crippen LogP contribution is 2.23. The first kappa shape index (κ1) is 18.4. The molecule has 1 fully saturated rings. The molecular weight excluding hydrogens is 406 g/mol. The Bertz CT molecular complexity index is 910. The Morgan fingerprint density at radius 2 is 2.15 bits per heavy atom. The second kappa shape index (κ2) is 7.96. The third-order valence-electron chi connectivity index (χ3n) is 5.13. The summed E-state index contributed by atoms with van der Waals surface area (Å²) >= 11 is 3.43. The van der Waals surface area contributed by atoms with Crippen molar-refractivity contribution in [1.82, 2.24) is 24.8 Å². The number of ether oxygens (including phenoxy) is 1. The van der Waals surface area contributed by atoms with Crippen molar-refractivity contribution in [3.8, 4) is 17.1 Å². The van der Waals surface area contributed by atoms with Crippen LogP contribution in [0.4, 0.5) is 0 Å².